The standard InChI is InChI=1S/C30H35N7O4.CH4/c1-4-25(38)36-26-20(7-5-8-23(26)41-14-13-37(2)3)29(40)35-24-15-19(9-12-32-24)22-16-21-27(34-22)30(18-33-28(21)39)10-6-11-31-17-30;/h4-5,7-9,12,15-16,31,34H,1,6,10-11,13-14,17-18H2,2-3H3,(H,33,39)(H,36,38)(H,32,35,40);1H4. The molecule has 1 saturated heterocycles. The number of hydrogen-bond donors (Lipinski definition) is 5. The SMILES string of the molecule is C.C=CC(=O)Nc1c(OCCN(C)C)cccc1C(=O)Nc1cc(-c2cc3c([nH]2)C2(CCCNC2)CNC3=O)ccn1. The Labute approximate surface area is 246 Å². The van der Waals surface area contributed by atoms with E-state index < -0.39 is 11.8 Å². The molecule has 3 aromatic rings. The lowest BCUT2D eigenvalue weighted by Crippen LogP contribution is -2.54. The molecule has 11 nitrogen and oxygen atoms in total. The number of ether oxygens (including phenoxy) is 1. The number of likely N-dealkylation sites (N-methyl/N-ethyl adjacent to an activating group) is 1. The summed E-state index contributed by atoms with van der Waals surface area (Å²) in [5.41, 5.74) is 3.43. The highest BCUT2D eigenvalue weighted by Crippen LogP contribution is 2.38. The third-order valence-electron chi connectivity index (χ3n) is 7.47. The molecule has 2 aliphatic heterocycles. The number of piperidine rings is 1. The zero-order valence-corrected chi connectivity index (χ0v) is 23.3. The van der Waals surface area contributed by atoms with Crippen molar-refractivity contribution >= 4 is 29.2 Å². The second-order valence-corrected chi connectivity index (χ2v) is 10.6. The van der Waals surface area contributed by atoms with E-state index in [1.807, 2.05) is 31.1 Å². The first-order valence-corrected chi connectivity index (χ1v) is 13.6. The van der Waals surface area contributed by atoms with Gasteiger partial charge in [0.15, 0.2) is 0 Å². The molecular formula is C31H39N7O4. The Kier molecular flexibility index (Phi) is 9.44. The lowest BCUT2D eigenvalue weighted by Gasteiger charge is -2.40. The van der Waals surface area contributed by atoms with Gasteiger partial charge in [-0.3, -0.25) is 14.4 Å². The quantitative estimate of drug-likeness (QED) is 0.247. The largest absolute Gasteiger partial charge is 0.490 e. The van der Waals surface area contributed by atoms with Gasteiger partial charge in [0.1, 0.15) is 18.2 Å². The zero-order chi connectivity index (χ0) is 29.0. The fourth-order valence-corrected chi connectivity index (χ4v) is 5.30. The Hall–Kier alpha value is -4.48. The van der Waals surface area contributed by atoms with Crippen molar-refractivity contribution in [2.24, 2.45) is 0 Å². The lowest BCUT2D eigenvalue weighted by atomic mass is 9.74. The van der Waals surface area contributed by atoms with E-state index in [2.05, 4.69) is 37.8 Å². The first-order chi connectivity index (χ1) is 19.8. The number of rotatable bonds is 9. The van der Waals surface area contributed by atoms with E-state index in [0.29, 0.717) is 36.8 Å². The van der Waals surface area contributed by atoms with Crippen LogP contribution in [0.15, 0.2) is 55.3 Å². The van der Waals surface area contributed by atoms with Crippen LogP contribution in [0.3, 0.4) is 0 Å². The van der Waals surface area contributed by atoms with E-state index in [0.717, 1.165) is 49.0 Å². The summed E-state index contributed by atoms with van der Waals surface area (Å²) in [6.07, 6.45) is 4.75. The van der Waals surface area contributed by atoms with Gasteiger partial charge in [-0.15, -0.1) is 0 Å². The minimum atomic E-state index is -0.468. The number of carbonyl (C=O) groups excluding carboxylic acids is 3. The molecule has 0 aliphatic carbocycles. The molecule has 1 atom stereocenters. The number of anilines is 2. The molecule has 42 heavy (non-hydrogen) atoms. The molecular weight excluding hydrogens is 534 g/mol. The molecule has 5 N–H and O–H groups in total. The smallest absolute Gasteiger partial charge is 0.259 e. The fraction of sp³-hybridized carbons (Fsp3) is 0.355. The molecule has 2 aliphatic rings. The summed E-state index contributed by atoms with van der Waals surface area (Å²) in [7, 11) is 3.86. The number of pyridine rings is 1. The van der Waals surface area contributed by atoms with E-state index >= 15 is 0 Å². The second kappa shape index (κ2) is 13.0. The number of carbonyl (C=O) groups is 3. The lowest BCUT2D eigenvalue weighted by molar-refractivity contribution is -0.111. The van der Waals surface area contributed by atoms with Crippen molar-refractivity contribution in [3.8, 4) is 17.0 Å². The highest BCUT2D eigenvalue weighted by atomic mass is 16.5. The zero-order valence-electron chi connectivity index (χ0n) is 23.3. The van der Waals surface area contributed by atoms with Crippen molar-refractivity contribution in [2.45, 2.75) is 25.7 Å². The van der Waals surface area contributed by atoms with Crippen molar-refractivity contribution in [1.82, 2.24) is 25.5 Å². The second-order valence-electron chi connectivity index (χ2n) is 10.6. The average Bonchev–Trinajstić information content (AvgIpc) is 3.44. The van der Waals surface area contributed by atoms with Gasteiger partial charge in [0.05, 0.1) is 16.8 Å². The van der Waals surface area contributed by atoms with Gasteiger partial charge in [-0.2, -0.15) is 0 Å². The van der Waals surface area contributed by atoms with E-state index in [-0.39, 0.29) is 30.0 Å². The minimum absolute atomic E-state index is 0. The molecule has 1 aromatic carbocycles. The summed E-state index contributed by atoms with van der Waals surface area (Å²) >= 11 is 0. The third-order valence-corrected chi connectivity index (χ3v) is 7.47. The summed E-state index contributed by atoms with van der Waals surface area (Å²) in [4.78, 5) is 48.1. The van der Waals surface area contributed by atoms with E-state index in [9.17, 15) is 14.4 Å². The predicted octanol–water partition coefficient (Wildman–Crippen LogP) is 3.39. The first kappa shape index (κ1) is 30.5. The van der Waals surface area contributed by atoms with Gasteiger partial charge >= 0.3 is 0 Å². The molecule has 0 saturated carbocycles. The number of fused-ring (bicyclic) bond motifs is 2. The summed E-state index contributed by atoms with van der Waals surface area (Å²) in [5.74, 6) is -0.336. The van der Waals surface area contributed by atoms with Crippen LogP contribution in [0.5, 0.6) is 5.75 Å². The van der Waals surface area contributed by atoms with Crippen LogP contribution in [0.2, 0.25) is 0 Å². The van der Waals surface area contributed by atoms with Gasteiger partial charge < -0.3 is 35.9 Å². The molecule has 1 unspecified atom stereocenters. The van der Waals surface area contributed by atoms with Gasteiger partial charge in [0, 0.05) is 48.2 Å². The van der Waals surface area contributed by atoms with E-state index in [4.69, 9.17) is 4.74 Å². The molecule has 0 radical (unpaired) electrons. The Morgan fingerprint density at radius 2 is 2.02 bits per heavy atom. The van der Waals surface area contributed by atoms with E-state index in [1.54, 1.807) is 30.5 Å². The van der Waals surface area contributed by atoms with Crippen LogP contribution in [0.4, 0.5) is 11.5 Å². The highest BCUT2D eigenvalue weighted by molar-refractivity contribution is 6.12. The molecule has 1 fully saturated rings. The summed E-state index contributed by atoms with van der Waals surface area (Å²) < 4.78 is 5.88. The Bertz CT molecular complexity index is 1470. The van der Waals surface area contributed by atoms with Gasteiger partial charge in [-0.1, -0.05) is 20.1 Å². The van der Waals surface area contributed by atoms with Crippen molar-refractivity contribution in [1.29, 1.82) is 0 Å². The van der Waals surface area contributed by atoms with Crippen LogP contribution < -0.4 is 26.0 Å². The number of amides is 3. The monoisotopic (exact) mass is 573 g/mol. The number of benzene rings is 1. The Morgan fingerprint density at radius 1 is 1.19 bits per heavy atom. The molecule has 5 rings (SSSR count). The van der Waals surface area contributed by atoms with Gasteiger partial charge in [0.25, 0.3) is 11.8 Å². The topological polar surface area (TPSA) is 140 Å². The molecule has 2 aromatic heterocycles. The Balaban J connectivity index is 0.00000405. The van der Waals surface area contributed by atoms with Crippen molar-refractivity contribution < 1.29 is 19.1 Å². The number of H-pyrrole nitrogens is 1. The molecule has 222 valence electrons. The first-order valence-electron chi connectivity index (χ1n) is 13.6. The van der Waals surface area contributed by atoms with Crippen LogP contribution in [-0.4, -0.2) is 79.5 Å². The Morgan fingerprint density at radius 3 is 2.76 bits per heavy atom. The number of para-hydroxylation sites is 1. The predicted molar refractivity (Wildman–Crippen MR) is 164 cm³/mol. The van der Waals surface area contributed by atoms with Gasteiger partial charge in [-0.05, 0) is 69.9 Å². The van der Waals surface area contributed by atoms with Crippen LogP contribution in [0.25, 0.3) is 11.3 Å². The van der Waals surface area contributed by atoms with Crippen molar-refractivity contribution in [2.75, 3.05) is 57.5 Å². The maximum absolute atomic E-state index is 13.4. The van der Waals surface area contributed by atoms with Crippen LogP contribution in [-0.2, 0) is 10.2 Å². The molecule has 3 amide bonds. The minimum Gasteiger partial charge on any atom is -0.490 e. The van der Waals surface area contributed by atoms with Gasteiger partial charge in [-0.25, -0.2) is 4.98 Å². The normalized spacial score (nSPS) is 17.5. The highest BCUT2D eigenvalue weighted by Gasteiger charge is 2.42. The number of aromatic amines is 1. The van der Waals surface area contributed by atoms with Crippen molar-refractivity contribution in [3.63, 3.8) is 0 Å². The van der Waals surface area contributed by atoms with E-state index in [1.165, 1.54) is 0 Å². The summed E-state index contributed by atoms with van der Waals surface area (Å²) in [6.45, 7) is 6.88. The molecule has 11 heteroatoms. The summed E-state index contributed by atoms with van der Waals surface area (Å²) in [5, 5.41) is 12.1. The van der Waals surface area contributed by atoms with Crippen LogP contribution in [0.1, 0.15) is 46.7 Å². The van der Waals surface area contributed by atoms with Gasteiger partial charge in [0.2, 0.25) is 5.91 Å². The number of hydrogen-bond acceptors (Lipinski definition) is 7. The van der Waals surface area contributed by atoms with Crippen LogP contribution >= 0.6 is 0 Å². The molecule has 4 heterocycles. The summed E-state index contributed by atoms with van der Waals surface area (Å²) in [6, 6.07) is 10.4. The number of nitrogens with zero attached hydrogens (tertiary/aromatic N) is 2. The third kappa shape index (κ3) is 6.37. The molecule has 1 spiro atoms. The van der Waals surface area contributed by atoms with Crippen molar-refractivity contribution in [3.05, 3.63) is 72.1 Å². The van der Waals surface area contributed by atoms with Crippen LogP contribution in [0, 0.1) is 0 Å². The number of nitrogens with one attached hydrogen (secondary N) is 5. The fourth-order valence-electron chi connectivity index (χ4n) is 5.30. The maximum atomic E-state index is 13.4. The maximum Gasteiger partial charge on any atom is 0.259 e. The number of aromatic nitrogens is 2. The average molecular weight is 574 g/mol. The molecule has 0 bridgehead atoms.